The first-order valence-corrected chi connectivity index (χ1v) is 10.3. The quantitative estimate of drug-likeness (QED) is 0.859. The van der Waals surface area contributed by atoms with Crippen molar-refractivity contribution in [2.75, 3.05) is 6.54 Å². The Morgan fingerprint density at radius 2 is 2.21 bits per heavy atom. The molecule has 2 amide bonds. The molecule has 2 saturated heterocycles. The van der Waals surface area contributed by atoms with E-state index in [-0.39, 0.29) is 35.6 Å². The van der Waals surface area contributed by atoms with Gasteiger partial charge in [-0.3, -0.25) is 9.59 Å². The van der Waals surface area contributed by atoms with Gasteiger partial charge in [0.1, 0.15) is 17.1 Å². The lowest BCUT2D eigenvalue weighted by molar-refractivity contribution is -0.122. The van der Waals surface area contributed by atoms with Crippen LogP contribution in [0.5, 0.6) is 0 Å². The van der Waals surface area contributed by atoms with Gasteiger partial charge in [-0.05, 0) is 37.5 Å². The van der Waals surface area contributed by atoms with E-state index in [1.54, 1.807) is 13.0 Å². The molecule has 1 aromatic heterocycles. The highest BCUT2D eigenvalue weighted by molar-refractivity contribution is 5.97. The maximum absolute atomic E-state index is 13.9. The van der Waals surface area contributed by atoms with Gasteiger partial charge in [-0.15, -0.1) is 0 Å². The number of benzene rings is 1. The highest BCUT2D eigenvalue weighted by Crippen LogP contribution is 2.37. The molecule has 3 heterocycles. The summed E-state index contributed by atoms with van der Waals surface area (Å²) in [6, 6.07) is 6.07. The van der Waals surface area contributed by atoms with Crippen molar-refractivity contribution in [1.29, 1.82) is 0 Å². The standard InChI is InChI=1S/C22H26FN3O3/c1-3-18-20(13(2)25-29-18)22(28)26-12-16(14-7-6-8-15(23)11-14)21-17(26)9-4-5-10-19(27)24-21/h6-8,11,16-17,21H,3-5,9-10,12H2,1-2H3,(H,24,27)/t16-,17+,21-/m0/s1. The zero-order chi connectivity index (χ0) is 20.5. The van der Waals surface area contributed by atoms with Crippen molar-refractivity contribution in [1.82, 2.24) is 15.4 Å². The van der Waals surface area contributed by atoms with Gasteiger partial charge in [0.25, 0.3) is 5.91 Å². The lowest BCUT2D eigenvalue weighted by Crippen LogP contribution is -2.49. The molecule has 1 aromatic carbocycles. The number of fused-ring (bicyclic) bond motifs is 1. The number of aromatic nitrogens is 1. The van der Waals surface area contributed by atoms with Crippen molar-refractivity contribution in [3.05, 3.63) is 52.7 Å². The first-order valence-electron chi connectivity index (χ1n) is 10.3. The molecule has 1 N–H and O–H groups in total. The highest BCUT2D eigenvalue weighted by Gasteiger charge is 2.46. The molecule has 7 heteroatoms. The van der Waals surface area contributed by atoms with Gasteiger partial charge in [0.2, 0.25) is 5.91 Å². The Kier molecular flexibility index (Phi) is 5.39. The summed E-state index contributed by atoms with van der Waals surface area (Å²) in [5.74, 6) is -0.0284. The van der Waals surface area contributed by atoms with E-state index in [0.29, 0.717) is 36.4 Å². The first kappa shape index (κ1) is 19.6. The van der Waals surface area contributed by atoms with Crippen molar-refractivity contribution < 1.29 is 18.5 Å². The van der Waals surface area contributed by atoms with Crippen LogP contribution in [0.25, 0.3) is 0 Å². The summed E-state index contributed by atoms with van der Waals surface area (Å²) in [5.41, 5.74) is 1.89. The average molecular weight is 399 g/mol. The first-order chi connectivity index (χ1) is 14.0. The Bertz CT molecular complexity index is 926. The molecule has 0 bridgehead atoms. The molecule has 0 radical (unpaired) electrons. The normalized spacial score (nSPS) is 24.6. The zero-order valence-electron chi connectivity index (χ0n) is 16.8. The van der Waals surface area contributed by atoms with Gasteiger partial charge >= 0.3 is 0 Å². The van der Waals surface area contributed by atoms with E-state index in [2.05, 4.69) is 10.5 Å². The van der Waals surface area contributed by atoms with Crippen molar-refractivity contribution in [2.45, 2.75) is 64.0 Å². The number of nitrogens with one attached hydrogen (secondary N) is 1. The van der Waals surface area contributed by atoms with Gasteiger partial charge in [-0.1, -0.05) is 30.6 Å². The van der Waals surface area contributed by atoms with Crippen LogP contribution in [0, 0.1) is 12.7 Å². The fourth-order valence-corrected chi connectivity index (χ4v) is 4.71. The van der Waals surface area contributed by atoms with Gasteiger partial charge in [-0.2, -0.15) is 0 Å². The second-order valence-corrected chi connectivity index (χ2v) is 7.95. The Hall–Kier alpha value is -2.70. The maximum Gasteiger partial charge on any atom is 0.259 e. The number of nitrogens with zero attached hydrogens (tertiary/aromatic N) is 2. The average Bonchev–Trinajstić information content (AvgIpc) is 3.23. The topological polar surface area (TPSA) is 75.4 Å². The molecule has 0 aliphatic carbocycles. The molecule has 0 unspecified atom stereocenters. The number of hydrogen-bond donors (Lipinski definition) is 1. The van der Waals surface area contributed by atoms with E-state index < -0.39 is 0 Å². The van der Waals surface area contributed by atoms with Crippen LogP contribution in [0.2, 0.25) is 0 Å². The lowest BCUT2D eigenvalue weighted by Gasteiger charge is -2.31. The fraction of sp³-hybridized carbons (Fsp3) is 0.500. The van der Waals surface area contributed by atoms with Crippen molar-refractivity contribution in [3.63, 3.8) is 0 Å². The summed E-state index contributed by atoms with van der Waals surface area (Å²) in [7, 11) is 0. The summed E-state index contributed by atoms with van der Waals surface area (Å²) in [6.45, 7) is 4.12. The predicted molar refractivity (Wildman–Crippen MR) is 105 cm³/mol. The minimum Gasteiger partial charge on any atom is -0.360 e. The molecule has 4 rings (SSSR count). The maximum atomic E-state index is 13.9. The van der Waals surface area contributed by atoms with Gasteiger partial charge in [0.05, 0.1) is 17.8 Å². The molecule has 3 atom stereocenters. The number of carbonyl (C=O) groups is 2. The molecule has 2 aliphatic heterocycles. The molecule has 154 valence electrons. The Balaban J connectivity index is 1.73. The van der Waals surface area contributed by atoms with Crippen LogP contribution < -0.4 is 5.32 Å². The van der Waals surface area contributed by atoms with Crippen LogP contribution in [0.4, 0.5) is 4.39 Å². The van der Waals surface area contributed by atoms with Crippen molar-refractivity contribution in [3.8, 4) is 0 Å². The number of likely N-dealkylation sites (tertiary alicyclic amines) is 1. The third-order valence-electron chi connectivity index (χ3n) is 6.13. The van der Waals surface area contributed by atoms with Crippen LogP contribution in [-0.4, -0.2) is 40.5 Å². The summed E-state index contributed by atoms with van der Waals surface area (Å²) in [4.78, 5) is 27.7. The number of halogens is 1. The monoisotopic (exact) mass is 399 g/mol. The number of rotatable bonds is 3. The molecule has 29 heavy (non-hydrogen) atoms. The lowest BCUT2D eigenvalue weighted by atomic mass is 9.88. The summed E-state index contributed by atoms with van der Waals surface area (Å²) >= 11 is 0. The Morgan fingerprint density at radius 1 is 1.38 bits per heavy atom. The van der Waals surface area contributed by atoms with E-state index >= 15 is 0 Å². The van der Waals surface area contributed by atoms with Gasteiger partial charge in [0.15, 0.2) is 0 Å². The van der Waals surface area contributed by atoms with Crippen LogP contribution in [0.3, 0.4) is 0 Å². The van der Waals surface area contributed by atoms with Crippen LogP contribution in [0.15, 0.2) is 28.8 Å². The van der Waals surface area contributed by atoms with Gasteiger partial charge in [0, 0.05) is 25.3 Å². The van der Waals surface area contributed by atoms with E-state index in [1.807, 2.05) is 17.9 Å². The zero-order valence-corrected chi connectivity index (χ0v) is 16.8. The third-order valence-corrected chi connectivity index (χ3v) is 6.13. The minimum absolute atomic E-state index is 0.00851. The van der Waals surface area contributed by atoms with Gasteiger partial charge in [-0.25, -0.2) is 4.39 Å². The number of carbonyl (C=O) groups excluding carboxylic acids is 2. The van der Waals surface area contributed by atoms with E-state index in [1.165, 1.54) is 12.1 Å². The number of amides is 2. The van der Waals surface area contributed by atoms with Crippen LogP contribution in [-0.2, 0) is 11.2 Å². The number of aryl methyl sites for hydroxylation is 2. The molecule has 2 fully saturated rings. The minimum atomic E-state index is -0.316. The van der Waals surface area contributed by atoms with E-state index in [4.69, 9.17) is 4.52 Å². The fourth-order valence-electron chi connectivity index (χ4n) is 4.71. The van der Waals surface area contributed by atoms with Crippen LogP contribution in [0.1, 0.15) is 65.9 Å². The summed E-state index contributed by atoms with van der Waals surface area (Å²) < 4.78 is 19.2. The Morgan fingerprint density at radius 3 is 2.97 bits per heavy atom. The third kappa shape index (κ3) is 3.66. The summed E-state index contributed by atoms with van der Waals surface area (Å²) in [5, 5.41) is 7.10. The largest absolute Gasteiger partial charge is 0.360 e. The molecule has 6 nitrogen and oxygen atoms in total. The van der Waals surface area contributed by atoms with Crippen molar-refractivity contribution >= 4 is 11.8 Å². The number of hydrogen-bond acceptors (Lipinski definition) is 4. The Labute approximate surface area is 169 Å². The van der Waals surface area contributed by atoms with Crippen molar-refractivity contribution in [2.24, 2.45) is 0 Å². The molecular weight excluding hydrogens is 373 g/mol. The van der Waals surface area contributed by atoms with Crippen LogP contribution >= 0.6 is 0 Å². The predicted octanol–water partition coefficient (Wildman–Crippen LogP) is 3.35. The molecule has 2 aromatic rings. The highest BCUT2D eigenvalue weighted by atomic mass is 19.1. The van der Waals surface area contributed by atoms with E-state index in [0.717, 1.165) is 24.8 Å². The summed E-state index contributed by atoms with van der Waals surface area (Å²) in [6.07, 6.45) is 3.53. The molecule has 0 saturated carbocycles. The molecule has 2 aliphatic rings. The second kappa shape index (κ2) is 7.97. The second-order valence-electron chi connectivity index (χ2n) is 7.95. The molecule has 0 spiro atoms. The molecular formula is C22H26FN3O3. The SMILES string of the molecule is CCc1onc(C)c1C(=O)N1C[C@@H](c2cccc(F)c2)[C@@H]2NC(=O)CCCC[C@H]21. The van der Waals surface area contributed by atoms with E-state index in [9.17, 15) is 14.0 Å². The van der Waals surface area contributed by atoms with Gasteiger partial charge < -0.3 is 14.7 Å². The smallest absolute Gasteiger partial charge is 0.259 e.